The summed E-state index contributed by atoms with van der Waals surface area (Å²) >= 11 is 2.34. The molecule has 3 N–H and O–H groups in total. The normalized spacial score (nSPS) is 10.2. The SMILES string of the molecule is CCCNC(=O)NC(=O)CSc1nnc(Nc2ccccc2F)s1. The number of thioether (sulfide) groups is 1. The zero-order valence-corrected chi connectivity index (χ0v) is 14.5. The number of anilines is 2. The first-order valence-corrected chi connectivity index (χ1v) is 8.94. The smallest absolute Gasteiger partial charge is 0.321 e. The van der Waals surface area contributed by atoms with Gasteiger partial charge >= 0.3 is 6.03 Å². The number of para-hydroxylation sites is 1. The summed E-state index contributed by atoms with van der Waals surface area (Å²) in [5.41, 5.74) is 0.301. The highest BCUT2D eigenvalue weighted by Crippen LogP contribution is 2.28. The first kappa shape index (κ1) is 18.1. The number of urea groups is 1. The number of benzene rings is 1. The van der Waals surface area contributed by atoms with E-state index in [4.69, 9.17) is 0 Å². The van der Waals surface area contributed by atoms with Gasteiger partial charge in [-0.25, -0.2) is 9.18 Å². The van der Waals surface area contributed by atoms with E-state index in [2.05, 4.69) is 26.1 Å². The van der Waals surface area contributed by atoms with E-state index < -0.39 is 11.9 Å². The fourth-order valence-corrected chi connectivity index (χ4v) is 3.13. The summed E-state index contributed by atoms with van der Waals surface area (Å²) < 4.78 is 14.1. The molecule has 2 aromatic rings. The van der Waals surface area contributed by atoms with Crippen molar-refractivity contribution in [3.05, 3.63) is 30.1 Å². The highest BCUT2D eigenvalue weighted by Gasteiger charge is 2.11. The number of nitrogens with zero attached hydrogens (tertiary/aromatic N) is 2. The molecule has 1 aromatic heterocycles. The van der Waals surface area contributed by atoms with Crippen molar-refractivity contribution in [1.82, 2.24) is 20.8 Å². The number of imide groups is 1. The number of aromatic nitrogens is 2. The molecule has 0 aliphatic heterocycles. The van der Waals surface area contributed by atoms with Crippen LogP contribution in [-0.4, -0.2) is 34.4 Å². The van der Waals surface area contributed by atoms with Gasteiger partial charge in [0.15, 0.2) is 4.34 Å². The average Bonchev–Trinajstić information content (AvgIpc) is 3.01. The fraction of sp³-hybridized carbons (Fsp3) is 0.286. The van der Waals surface area contributed by atoms with E-state index in [1.165, 1.54) is 17.4 Å². The Kier molecular flexibility index (Phi) is 6.94. The summed E-state index contributed by atoms with van der Waals surface area (Å²) in [6.07, 6.45) is 0.791. The predicted molar refractivity (Wildman–Crippen MR) is 92.1 cm³/mol. The summed E-state index contributed by atoms with van der Waals surface area (Å²) in [5, 5.41) is 15.8. The summed E-state index contributed by atoms with van der Waals surface area (Å²) in [4.78, 5) is 23.0. The zero-order chi connectivity index (χ0) is 17.4. The molecule has 0 spiro atoms. The van der Waals surface area contributed by atoms with Crippen LogP contribution < -0.4 is 16.0 Å². The standard InChI is InChI=1S/C14H16FN5O2S2/c1-2-7-16-12(22)18-11(21)8-23-14-20-19-13(24-14)17-10-6-4-3-5-9(10)15/h3-6H,2,7-8H2,1H3,(H,17,19)(H2,16,18,21,22). The van der Waals surface area contributed by atoms with E-state index in [9.17, 15) is 14.0 Å². The van der Waals surface area contributed by atoms with Crippen molar-refractivity contribution >= 4 is 45.9 Å². The second kappa shape index (κ2) is 9.18. The van der Waals surface area contributed by atoms with Gasteiger partial charge in [0.25, 0.3) is 0 Å². The Morgan fingerprint density at radius 1 is 1.29 bits per heavy atom. The third kappa shape index (κ3) is 5.78. The summed E-state index contributed by atoms with van der Waals surface area (Å²) in [5.74, 6) is -0.778. The molecule has 0 saturated carbocycles. The van der Waals surface area contributed by atoms with Gasteiger partial charge < -0.3 is 10.6 Å². The molecule has 0 saturated heterocycles. The van der Waals surface area contributed by atoms with Gasteiger partial charge in [-0.15, -0.1) is 10.2 Å². The lowest BCUT2D eigenvalue weighted by molar-refractivity contribution is -0.117. The second-order valence-electron chi connectivity index (χ2n) is 4.57. The third-order valence-corrected chi connectivity index (χ3v) is 4.61. The number of carbonyl (C=O) groups excluding carboxylic acids is 2. The van der Waals surface area contributed by atoms with E-state index in [1.807, 2.05) is 6.92 Å². The second-order valence-corrected chi connectivity index (χ2v) is 6.77. The van der Waals surface area contributed by atoms with E-state index >= 15 is 0 Å². The maximum atomic E-state index is 13.5. The third-order valence-electron chi connectivity index (χ3n) is 2.64. The van der Waals surface area contributed by atoms with Crippen molar-refractivity contribution in [3.8, 4) is 0 Å². The number of halogens is 1. The van der Waals surface area contributed by atoms with Crippen LogP contribution >= 0.6 is 23.1 Å². The monoisotopic (exact) mass is 369 g/mol. The van der Waals surface area contributed by atoms with Crippen LogP contribution in [-0.2, 0) is 4.79 Å². The molecule has 7 nitrogen and oxygen atoms in total. The number of rotatable bonds is 7. The highest BCUT2D eigenvalue weighted by molar-refractivity contribution is 8.01. The first-order valence-electron chi connectivity index (χ1n) is 7.14. The molecule has 0 atom stereocenters. The molecule has 0 radical (unpaired) electrons. The number of carbonyl (C=O) groups is 2. The molecular formula is C14H16FN5O2S2. The van der Waals surface area contributed by atoms with Crippen molar-refractivity contribution in [2.24, 2.45) is 0 Å². The summed E-state index contributed by atoms with van der Waals surface area (Å²) in [7, 11) is 0. The molecule has 2 rings (SSSR count). The van der Waals surface area contributed by atoms with Crippen LogP contribution in [0.2, 0.25) is 0 Å². The topological polar surface area (TPSA) is 96.0 Å². The minimum Gasteiger partial charge on any atom is -0.338 e. The molecular weight excluding hydrogens is 353 g/mol. The Morgan fingerprint density at radius 3 is 2.83 bits per heavy atom. The first-order chi connectivity index (χ1) is 11.6. The van der Waals surface area contributed by atoms with Gasteiger partial charge in [0.1, 0.15) is 5.82 Å². The van der Waals surface area contributed by atoms with Crippen LogP contribution in [0.15, 0.2) is 28.6 Å². The van der Waals surface area contributed by atoms with Crippen LogP contribution in [0.1, 0.15) is 13.3 Å². The van der Waals surface area contributed by atoms with Crippen molar-refractivity contribution in [1.29, 1.82) is 0 Å². The van der Waals surface area contributed by atoms with Crippen LogP contribution in [0.5, 0.6) is 0 Å². The Balaban J connectivity index is 1.80. The molecule has 1 aromatic carbocycles. The maximum absolute atomic E-state index is 13.5. The van der Waals surface area contributed by atoms with Crippen LogP contribution in [0.4, 0.5) is 20.0 Å². The molecule has 0 unspecified atom stereocenters. The Bertz CT molecular complexity index is 710. The summed E-state index contributed by atoms with van der Waals surface area (Å²) in [6.45, 7) is 2.42. The van der Waals surface area contributed by atoms with Gasteiger partial charge in [0, 0.05) is 6.54 Å². The summed E-state index contributed by atoms with van der Waals surface area (Å²) in [6, 6.07) is 5.72. The molecule has 1 heterocycles. The molecule has 0 bridgehead atoms. The van der Waals surface area contributed by atoms with Gasteiger partial charge in [-0.1, -0.05) is 42.2 Å². The van der Waals surface area contributed by atoms with E-state index in [1.54, 1.807) is 18.2 Å². The molecule has 0 aliphatic carbocycles. The number of hydrogen-bond acceptors (Lipinski definition) is 7. The molecule has 128 valence electrons. The van der Waals surface area contributed by atoms with Gasteiger partial charge in [0.05, 0.1) is 11.4 Å². The van der Waals surface area contributed by atoms with Crippen molar-refractivity contribution < 1.29 is 14.0 Å². The van der Waals surface area contributed by atoms with Gasteiger partial charge in [0.2, 0.25) is 11.0 Å². The molecule has 3 amide bonds. The van der Waals surface area contributed by atoms with Crippen LogP contribution in [0, 0.1) is 5.82 Å². The fourth-order valence-electron chi connectivity index (χ4n) is 1.57. The minimum absolute atomic E-state index is 0.0356. The predicted octanol–water partition coefficient (Wildman–Crippen LogP) is 2.75. The van der Waals surface area contributed by atoms with Gasteiger partial charge in [-0.3, -0.25) is 10.1 Å². The zero-order valence-electron chi connectivity index (χ0n) is 12.8. The van der Waals surface area contributed by atoms with Crippen molar-refractivity contribution in [2.45, 2.75) is 17.7 Å². The van der Waals surface area contributed by atoms with Crippen LogP contribution in [0.25, 0.3) is 0 Å². The highest BCUT2D eigenvalue weighted by atomic mass is 32.2. The Hall–Kier alpha value is -2.20. The van der Waals surface area contributed by atoms with Crippen LogP contribution in [0.3, 0.4) is 0 Å². The van der Waals surface area contributed by atoms with Crippen molar-refractivity contribution in [2.75, 3.05) is 17.6 Å². The quantitative estimate of drug-likeness (QED) is 0.650. The average molecular weight is 369 g/mol. The Morgan fingerprint density at radius 2 is 2.08 bits per heavy atom. The minimum atomic E-state index is -0.512. The van der Waals surface area contributed by atoms with E-state index in [0.29, 0.717) is 21.7 Å². The Labute approximate surface area is 146 Å². The number of nitrogens with one attached hydrogen (secondary N) is 3. The van der Waals surface area contributed by atoms with E-state index in [0.717, 1.165) is 18.2 Å². The lowest BCUT2D eigenvalue weighted by atomic mass is 10.3. The molecule has 10 heteroatoms. The number of hydrogen-bond donors (Lipinski definition) is 3. The maximum Gasteiger partial charge on any atom is 0.321 e. The van der Waals surface area contributed by atoms with Crippen molar-refractivity contribution in [3.63, 3.8) is 0 Å². The number of amides is 3. The molecule has 0 fully saturated rings. The van der Waals surface area contributed by atoms with Gasteiger partial charge in [-0.2, -0.15) is 0 Å². The lowest BCUT2D eigenvalue weighted by Crippen LogP contribution is -2.40. The molecule has 0 aliphatic rings. The molecule has 24 heavy (non-hydrogen) atoms. The van der Waals surface area contributed by atoms with Gasteiger partial charge in [-0.05, 0) is 18.6 Å². The van der Waals surface area contributed by atoms with E-state index in [-0.39, 0.29) is 11.6 Å². The largest absolute Gasteiger partial charge is 0.338 e. The lowest BCUT2D eigenvalue weighted by Gasteiger charge is -2.04.